The first-order valence-corrected chi connectivity index (χ1v) is 9.43. The van der Waals surface area contributed by atoms with Gasteiger partial charge >= 0.3 is 0 Å². The molecule has 146 valence electrons. The Morgan fingerprint density at radius 1 is 1.11 bits per heavy atom. The average molecular weight is 373 g/mol. The molecule has 0 bridgehead atoms. The number of hydrogen-bond acceptors (Lipinski definition) is 5. The Balaban J connectivity index is 1.48. The van der Waals surface area contributed by atoms with Crippen LogP contribution in [0.4, 0.5) is 4.39 Å². The number of hydrogen-bond donors (Lipinski definition) is 2. The SMILES string of the molecule is COc1cc(CNCCN2CCNCC2)ccc1OCc1ccccc1F. The van der Waals surface area contributed by atoms with E-state index in [1.807, 2.05) is 18.2 Å². The van der Waals surface area contributed by atoms with Crippen LogP contribution in [0.15, 0.2) is 42.5 Å². The lowest BCUT2D eigenvalue weighted by atomic mass is 10.2. The van der Waals surface area contributed by atoms with Gasteiger partial charge in [-0.15, -0.1) is 0 Å². The Bertz CT molecular complexity index is 720. The second-order valence-corrected chi connectivity index (χ2v) is 6.63. The number of nitrogens with one attached hydrogen (secondary N) is 2. The van der Waals surface area contributed by atoms with Crippen LogP contribution >= 0.6 is 0 Å². The van der Waals surface area contributed by atoms with Crippen molar-refractivity contribution in [3.63, 3.8) is 0 Å². The molecule has 0 aromatic heterocycles. The number of halogens is 1. The maximum Gasteiger partial charge on any atom is 0.161 e. The minimum atomic E-state index is -0.262. The summed E-state index contributed by atoms with van der Waals surface area (Å²) in [4.78, 5) is 2.46. The van der Waals surface area contributed by atoms with Crippen molar-refractivity contribution < 1.29 is 13.9 Å². The highest BCUT2D eigenvalue weighted by Gasteiger charge is 2.10. The Hall–Kier alpha value is -2.15. The zero-order valence-electron chi connectivity index (χ0n) is 15.8. The predicted molar refractivity (Wildman–Crippen MR) is 105 cm³/mol. The maximum absolute atomic E-state index is 13.7. The molecule has 0 unspecified atom stereocenters. The van der Waals surface area contributed by atoms with Crippen molar-refractivity contribution in [2.24, 2.45) is 0 Å². The van der Waals surface area contributed by atoms with Gasteiger partial charge < -0.3 is 20.1 Å². The van der Waals surface area contributed by atoms with Crippen molar-refractivity contribution in [1.82, 2.24) is 15.5 Å². The van der Waals surface area contributed by atoms with Gasteiger partial charge in [0.05, 0.1) is 7.11 Å². The number of ether oxygens (including phenoxy) is 2. The molecule has 0 amide bonds. The van der Waals surface area contributed by atoms with Crippen molar-refractivity contribution in [2.75, 3.05) is 46.4 Å². The molecular formula is C21H28FN3O2. The minimum absolute atomic E-state index is 0.172. The van der Waals surface area contributed by atoms with E-state index < -0.39 is 0 Å². The van der Waals surface area contributed by atoms with Gasteiger partial charge in [0.1, 0.15) is 12.4 Å². The molecule has 3 rings (SSSR count). The fourth-order valence-electron chi connectivity index (χ4n) is 3.12. The van der Waals surface area contributed by atoms with Gasteiger partial charge in [-0.2, -0.15) is 0 Å². The summed E-state index contributed by atoms with van der Waals surface area (Å²) >= 11 is 0. The third-order valence-corrected chi connectivity index (χ3v) is 4.71. The zero-order chi connectivity index (χ0) is 18.9. The van der Waals surface area contributed by atoms with E-state index in [-0.39, 0.29) is 12.4 Å². The molecule has 27 heavy (non-hydrogen) atoms. The van der Waals surface area contributed by atoms with Gasteiger partial charge in [0.2, 0.25) is 0 Å². The number of piperazine rings is 1. The smallest absolute Gasteiger partial charge is 0.161 e. The Morgan fingerprint density at radius 2 is 1.93 bits per heavy atom. The van der Waals surface area contributed by atoms with Gasteiger partial charge in [0, 0.05) is 51.4 Å². The molecule has 5 nitrogen and oxygen atoms in total. The van der Waals surface area contributed by atoms with Crippen LogP contribution in [-0.4, -0.2) is 51.3 Å². The molecule has 1 heterocycles. The van der Waals surface area contributed by atoms with Crippen LogP contribution in [0, 0.1) is 5.82 Å². The third-order valence-electron chi connectivity index (χ3n) is 4.71. The summed E-state index contributed by atoms with van der Waals surface area (Å²) in [5, 5.41) is 6.84. The van der Waals surface area contributed by atoms with E-state index in [1.165, 1.54) is 6.07 Å². The van der Waals surface area contributed by atoms with Crippen LogP contribution < -0.4 is 20.1 Å². The minimum Gasteiger partial charge on any atom is -0.493 e. The van der Waals surface area contributed by atoms with Gasteiger partial charge in [-0.1, -0.05) is 24.3 Å². The van der Waals surface area contributed by atoms with Crippen molar-refractivity contribution in [3.05, 3.63) is 59.4 Å². The third kappa shape index (κ3) is 5.92. The number of rotatable bonds is 9. The monoisotopic (exact) mass is 373 g/mol. The summed E-state index contributed by atoms with van der Waals surface area (Å²) < 4.78 is 24.9. The van der Waals surface area contributed by atoms with Crippen molar-refractivity contribution in [2.45, 2.75) is 13.2 Å². The molecule has 1 saturated heterocycles. The Kier molecular flexibility index (Phi) is 7.45. The number of nitrogens with zero attached hydrogens (tertiary/aromatic N) is 1. The van der Waals surface area contributed by atoms with E-state index in [0.717, 1.165) is 51.4 Å². The highest BCUT2D eigenvalue weighted by molar-refractivity contribution is 5.43. The molecular weight excluding hydrogens is 345 g/mol. The lowest BCUT2D eigenvalue weighted by Crippen LogP contribution is -2.45. The van der Waals surface area contributed by atoms with Crippen LogP contribution in [0.5, 0.6) is 11.5 Å². The lowest BCUT2D eigenvalue weighted by Gasteiger charge is -2.27. The quantitative estimate of drug-likeness (QED) is 0.661. The Labute approximate surface area is 160 Å². The van der Waals surface area contributed by atoms with E-state index in [4.69, 9.17) is 9.47 Å². The molecule has 6 heteroatoms. The molecule has 0 spiro atoms. The van der Waals surface area contributed by atoms with E-state index in [0.29, 0.717) is 17.1 Å². The van der Waals surface area contributed by atoms with E-state index in [9.17, 15) is 4.39 Å². The standard InChI is InChI=1S/C21H28FN3O2/c1-26-21-14-17(15-24-10-13-25-11-8-23-9-12-25)6-7-20(21)27-16-18-4-2-3-5-19(18)22/h2-7,14,23-24H,8-13,15-16H2,1H3. The first-order valence-electron chi connectivity index (χ1n) is 9.43. The summed E-state index contributed by atoms with van der Waals surface area (Å²) in [6, 6.07) is 12.5. The van der Waals surface area contributed by atoms with E-state index in [2.05, 4.69) is 15.5 Å². The fraction of sp³-hybridized carbons (Fsp3) is 0.429. The summed E-state index contributed by atoms with van der Waals surface area (Å²) in [7, 11) is 1.62. The highest BCUT2D eigenvalue weighted by atomic mass is 19.1. The van der Waals surface area contributed by atoms with Crippen molar-refractivity contribution in [1.29, 1.82) is 0 Å². The fourth-order valence-corrected chi connectivity index (χ4v) is 3.12. The predicted octanol–water partition coefficient (Wildman–Crippen LogP) is 2.41. The van der Waals surface area contributed by atoms with Gasteiger partial charge in [0.15, 0.2) is 11.5 Å². The van der Waals surface area contributed by atoms with Crippen LogP contribution in [0.2, 0.25) is 0 Å². The molecule has 0 atom stereocenters. The van der Waals surface area contributed by atoms with E-state index in [1.54, 1.807) is 25.3 Å². The van der Waals surface area contributed by atoms with Crippen LogP contribution in [0.1, 0.15) is 11.1 Å². The largest absolute Gasteiger partial charge is 0.493 e. The highest BCUT2D eigenvalue weighted by Crippen LogP contribution is 2.29. The van der Waals surface area contributed by atoms with Gasteiger partial charge in [0.25, 0.3) is 0 Å². The van der Waals surface area contributed by atoms with Crippen LogP contribution in [0.25, 0.3) is 0 Å². The first-order chi connectivity index (χ1) is 13.3. The van der Waals surface area contributed by atoms with Gasteiger partial charge in [-0.25, -0.2) is 4.39 Å². The van der Waals surface area contributed by atoms with Crippen molar-refractivity contribution >= 4 is 0 Å². The molecule has 1 aliphatic rings. The second kappa shape index (κ2) is 10.3. The Morgan fingerprint density at radius 3 is 2.70 bits per heavy atom. The molecule has 2 N–H and O–H groups in total. The summed E-state index contributed by atoms with van der Waals surface area (Å²) in [6.45, 7) is 7.34. The molecule has 0 radical (unpaired) electrons. The molecule has 0 saturated carbocycles. The van der Waals surface area contributed by atoms with E-state index >= 15 is 0 Å². The van der Waals surface area contributed by atoms with Gasteiger partial charge in [-0.05, 0) is 23.8 Å². The zero-order valence-corrected chi connectivity index (χ0v) is 15.8. The van der Waals surface area contributed by atoms with Crippen molar-refractivity contribution in [3.8, 4) is 11.5 Å². The number of benzene rings is 2. The molecule has 1 aliphatic heterocycles. The first kappa shape index (κ1) is 19.6. The van der Waals surface area contributed by atoms with Crippen LogP contribution in [-0.2, 0) is 13.2 Å². The molecule has 2 aromatic rings. The normalized spacial score (nSPS) is 14.9. The number of methoxy groups -OCH3 is 1. The molecule has 0 aliphatic carbocycles. The summed E-state index contributed by atoms with van der Waals surface area (Å²) in [6.07, 6.45) is 0. The maximum atomic E-state index is 13.7. The summed E-state index contributed by atoms with van der Waals surface area (Å²) in [5.74, 6) is 1.01. The topological polar surface area (TPSA) is 45.8 Å². The van der Waals surface area contributed by atoms with Crippen LogP contribution in [0.3, 0.4) is 0 Å². The average Bonchev–Trinajstić information content (AvgIpc) is 2.72. The second-order valence-electron chi connectivity index (χ2n) is 6.63. The van der Waals surface area contributed by atoms with Gasteiger partial charge in [-0.3, -0.25) is 4.90 Å². The molecule has 1 fully saturated rings. The molecule has 2 aromatic carbocycles. The lowest BCUT2D eigenvalue weighted by molar-refractivity contribution is 0.241. The summed E-state index contributed by atoms with van der Waals surface area (Å²) in [5.41, 5.74) is 1.66.